The molecule has 2 amide bonds. The predicted molar refractivity (Wildman–Crippen MR) is 82.4 cm³/mol. The molecular weight excluding hydrogens is 320 g/mol. The van der Waals surface area contributed by atoms with Gasteiger partial charge < -0.3 is 16.2 Å². The normalized spacial score (nSPS) is 11.7. The van der Waals surface area contributed by atoms with Gasteiger partial charge in [0.2, 0.25) is 11.8 Å². The number of rotatable bonds is 7. The zero-order chi connectivity index (χ0) is 16.8. The zero-order valence-corrected chi connectivity index (χ0v) is 12.7. The van der Waals surface area contributed by atoms with E-state index >= 15 is 0 Å². The second kappa shape index (κ2) is 7.45. The number of thiazole rings is 1. The van der Waals surface area contributed by atoms with Gasteiger partial charge in [0.15, 0.2) is 0 Å². The van der Waals surface area contributed by atoms with Crippen LogP contribution in [-0.2, 0) is 20.8 Å². The smallest absolute Gasteiger partial charge is 0.326 e. The van der Waals surface area contributed by atoms with E-state index in [4.69, 9.17) is 10.8 Å². The molecule has 0 fully saturated rings. The number of primary amides is 1. The van der Waals surface area contributed by atoms with E-state index in [0.29, 0.717) is 5.69 Å². The Hall–Kier alpha value is -2.81. The number of aromatic nitrogens is 2. The Morgan fingerprint density at radius 1 is 1.30 bits per heavy atom. The predicted octanol–water partition coefficient (Wildman–Crippen LogP) is 0.192. The Labute approximate surface area is 135 Å². The molecule has 0 radical (unpaired) electrons. The van der Waals surface area contributed by atoms with Crippen LogP contribution < -0.4 is 11.1 Å². The molecule has 0 bridgehead atoms. The number of carbonyl (C=O) groups excluding carboxylic acids is 2. The molecule has 0 aliphatic carbocycles. The van der Waals surface area contributed by atoms with Gasteiger partial charge in [0, 0.05) is 23.3 Å². The highest BCUT2D eigenvalue weighted by Crippen LogP contribution is 2.22. The van der Waals surface area contributed by atoms with E-state index in [-0.39, 0.29) is 6.42 Å². The number of nitrogens with two attached hydrogens (primary N) is 1. The van der Waals surface area contributed by atoms with Crippen LogP contribution in [0, 0.1) is 0 Å². The number of hydrogen-bond acceptors (Lipinski definition) is 6. The van der Waals surface area contributed by atoms with E-state index < -0.39 is 30.2 Å². The molecule has 0 aliphatic rings. The van der Waals surface area contributed by atoms with Crippen molar-refractivity contribution in [2.75, 3.05) is 0 Å². The number of carbonyl (C=O) groups is 3. The maximum Gasteiger partial charge on any atom is 0.326 e. The largest absolute Gasteiger partial charge is 0.480 e. The molecule has 0 spiro atoms. The summed E-state index contributed by atoms with van der Waals surface area (Å²) in [4.78, 5) is 41.9. The summed E-state index contributed by atoms with van der Waals surface area (Å²) in [5, 5.41) is 13.7. The minimum Gasteiger partial charge on any atom is -0.480 e. The van der Waals surface area contributed by atoms with Crippen LogP contribution >= 0.6 is 11.3 Å². The van der Waals surface area contributed by atoms with Crippen LogP contribution in [0.2, 0.25) is 0 Å². The third-order valence-electron chi connectivity index (χ3n) is 2.86. The lowest BCUT2D eigenvalue weighted by molar-refractivity contribution is -0.143. The molecule has 2 aromatic heterocycles. The van der Waals surface area contributed by atoms with Gasteiger partial charge in [0.25, 0.3) is 0 Å². The number of pyridine rings is 1. The lowest BCUT2D eigenvalue weighted by Gasteiger charge is -2.12. The maximum atomic E-state index is 11.9. The van der Waals surface area contributed by atoms with E-state index in [1.165, 1.54) is 11.3 Å². The highest BCUT2D eigenvalue weighted by atomic mass is 32.1. The molecule has 0 saturated carbocycles. The summed E-state index contributed by atoms with van der Waals surface area (Å²) in [6, 6.07) is 2.27. The van der Waals surface area contributed by atoms with Gasteiger partial charge in [-0.1, -0.05) is 0 Å². The van der Waals surface area contributed by atoms with Gasteiger partial charge >= 0.3 is 5.97 Å². The Morgan fingerprint density at radius 2 is 2.00 bits per heavy atom. The lowest BCUT2D eigenvalue weighted by atomic mass is 10.2. The summed E-state index contributed by atoms with van der Waals surface area (Å²) in [6.45, 7) is 0. The molecule has 2 heterocycles. The standard InChI is InChI=1S/C14H14N4O4S/c15-11(19)6-10(14(21)22)18-12(20)5-9-7-23-13(17-9)8-1-3-16-4-2-8/h1-4,7,10H,5-6H2,(H2,15,19)(H,18,20)(H,21,22). The first-order chi connectivity index (χ1) is 11.0. The van der Waals surface area contributed by atoms with E-state index in [9.17, 15) is 14.4 Å². The minimum atomic E-state index is -1.33. The van der Waals surface area contributed by atoms with Gasteiger partial charge in [-0.3, -0.25) is 14.6 Å². The fourth-order valence-corrected chi connectivity index (χ4v) is 2.65. The van der Waals surface area contributed by atoms with Gasteiger partial charge in [0.1, 0.15) is 11.0 Å². The summed E-state index contributed by atoms with van der Waals surface area (Å²) in [6.07, 6.45) is 2.75. The second-order valence-corrected chi connectivity index (χ2v) is 5.54. The van der Waals surface area contributed by atoms with Crippen molar-refractivity contribution in [1.29, 1.82) is 0 Å². The Kier molecular flexibility index (Phi) is 5.36. The summed E-state index contributed by atoms with van der Waals surface area (Å²) in [5.74, 6) is -2.65. The van der Waals surface area contributed by atoms with Gasteiger partial charge in [-0.05, 0) is 12.1 Å². The van der Waals surface area contributed by atoms with Crippen molar-refractivity contribution in [3.05, 3.63) is 35.6 Å². The molecule has 2 aromatic rings. The number of aliphatic carboxylic acids is 1. The molecule has 9 heteroatoms. The Morgan fingerprint density at radius 3 is 2.61 bits per heavy atom. The van der Waals surface area contributed by atoms with Crippen molar-refractivity contribution < 1.29 is 19.5 Å². The van der Waals surface area contributed by atoms with Crippen LogP contribution in [0.3, 0.4) is 0 Å². The van der Waals surface area contributed by atoms with Crippen LogP contribution in [0.15, 0.2) is 29.9 Å². The van der Waals surface area contributed by atoms with Crippen LogP contribution in [0.25, 0.3) is 10.6 Å². The molecule has 120 valence electrons. The Balaban J connectivity index is 1.99. The number of carboxylic acid groups (broad SMARTS) is 1. The van der Waals surface area contributed by atoms with Crippen molar-refractivity contribution in [3.63, 3.8) is 0 Å². The van der Waals surface area contributed by atoms with Crippen LogP contribution in [-0.4, -0.2) is 38.9 Å². The Bertz CT molecular complexity index is 717. The average molecular weight is 334 g/mol. The van der Waals surface area contributed by atoms with E-state index in [1.54, 1.807) is 29.9 Å². The minimum absolute atomic E-state index is 0.0792. The van der Waals surface area contributed by atoms with E-state index in [0.717, 1.165) is 10.6 Å². The van der Waals surface area contributed by atoms with Crippen molar-refractivity contribution in [2.45, 2.75) is 18.9 Å². The van der Waals surface area contributed by atoms with Crippen LogP contribution in [0.4, 0.5) is 0 Å². The molecule has 1 unspecified atom stereocenters. The zero-order valence-electron chi connectivity index (χ0n) is 11.9. The number of carboxylic acids is 1. The van der Waals surface area contributed by atoms with E-state index in [1.807, 2.05) is 0 Å². The first kappa shape index (κ1) is 16.6. The number of amides is 2. The second-order valence-electron chi connectivity index (χ2n) is 4.69. The molecule has 2 rings (SSSR count). The summed E-state index contributed by atoms with van der Waals surface area (Å²) in [5.41, 5.74) is 6.36. The molecule has 0 saturated heterocycles. The molecule has 1 atom stereocenters. The van der Waals surface area contributed by atoms with Gasteiger partial charge in [0.05, 0.1) is 18.5 Å². The van der Waals surface area contributed by atoms with Crippen molar-refractivity contribution in [2.24, 2.45) is 5.73 Å². The summed E-state index contributed by atoms with van der Waals surface area (Å²) >= 11 is 1.37. The third-order valence-corrected chi connectivity index (χ3v) is 3.80. The topological polar surface area (TPSA) is 135 Å². The fraction of sp³-hybridized carbons (Fsp3) is 0.214. The summed E-state index contributed by atoms with van der Waals surface area (Å²) < 4.78 is 0. The number of hydrogen-bond donors (Lipinski definition) is 3. The highest BCUT2D eigenvalue weighted by molar-refractivity contribution is 7.13. The van der Waals surface area contributed by atoms with E-state index in [2.05, 4.69) is 15.3 Å². The van der Waals surface area contributed by atoms with Crippen molar-refractivity contribution >= 4 is 29.1 Å². The molecule has 4 N–H and O–H groups in total. The number of nitrogens with one attached hydrogen (secondary N) is 1. The van der Waals surface area contributed by atoms with Crippen molar-refractivity contribution in [3.8, 4) is 10.6 Å². The fourth-order valence-electron chi connectivity index (χ4n) is 1.83. The molecular formula is C14H14N4O4S. The molecule has 0 aliphatic heterocycles. The van der Waals surface area contributed by atoms with Gasteiger partial charge in [-0.25, -0.2) is 9.78 Å². The monoisotopic (exact) mass is 334 g/mol. The quantitative estimate of drug-likeness (QED) is 0.661. The summed E-state index contributed by atoms with van der Waals surface area (Å²) in [7, 11) is 0. The molecule has 8 nitrogen and oxygen atoms in total. The molecule has 0 aromatic carbocycles. The highest BCUT2D eigenvalue weighted by Gasteiger charge is 2.22. The van der Waals surface area contributed by atoms with Gasteiger partial charge in [-0.2, -0.15) is 0 Å². The lowest BCUT2D eigenvalue weighted by Crippen LogP contribution is -2.43. The maximum absolute atomic E-state index is 11.9. The third kappa shape index (κ3) is 4.85. The SMILES string of the molecule is NC(=O)CC(NC(=O)Cc1csc(-c2ccncc2)n1)C(=O)O. The van der Waals surface area contributed by atoms with Crippen LogP contribution in [0.1, 0.15) is 12.1 Å². The van der Waals surface area contributed by atoms with Crippen molar-refractivity contribution in [1.82, 2.24) is 15.3 Å². The molecule has 23 heavy (non-hydrogen) atoms. The van der Waals surface area contributed by atoms with Gasteiger partial charge in [-0.15, -0.1) is 11.3 Å². The van der Waals surface area contributed by atoms with Crippen LogP contribution in [0.5, 0.6) is 0 Å². The first-order valence-corrected chi connectivity index (χ1v) is 7.49. The average Bonchev–Trinajstić information content (AvgIpc) is 2.95. The first-order valence-electron chi connectivity index (χ1n) is 6.61. The number of nitrogens with zero attached hydrogens (tertiary/aromatic N) is 2.